The third kappa shape index (κ3) is 3.44. The number of hydrogen-bond acceptors (Lipinski definition) is 4. The molecule has 0 saturated heterocycles. The number of sulfonamides is 1. The maximum Gasteiger partial charge on any atom is 0.241 e. The Kier molecular flexibility index (Phi) is 4.66. The van der Waals surface area contributed by atoms with Crippen molar-refractivity contribution in [3.63, 3.8) is 0 Å². The highest BCUT2D eigenvalue weighted by molar-refractivity contribution is 7.89. The quantitative estimate of drug-likeness (QED) is 0.876. The fourth-order valence-corrected chi connectivity index (χ4v) is 3.18. The van der Waals surface area contributed by atoms with Crippen molar-refractivity contribution < 1.29 is 12.8 Å². The third-order valence-electron chi connectivity index (χ3n) is 3.17. The van der Waals surface area contributed by atoms with Gasteiger partial charge in [-0.1, -0.05) is 6.07 Å². The summed E-state index contributed by atoms with van der Waals surface area (Å²) in [4.78, 5) is 3.82. The molecular formula is C14H16FN3O2S. The first-order valence-electron chi connectivity index (χ1n) is 6.32. The van der Waals surface area contributed by atoms with E-state index in [9.17, 15) is 12.8 Å². The minimum absolute atomic E-state index is 0.0205. The topological polar surface area (TPSA) is 85.1 Å². The van der Waals surface area contributed by atoms with Crippen LogP contribution in [0.5, 0.6) is 0 Å². The zero-order valence-corrected chi connectivity index (χ0v) is 12.3. The molecule has 3 N–H and O–H groups in total. The van der Waals surface area contributed by atoms with E-state index in [2.05, 4.69) is 9.71 Å². The molecule has 0 aliphatic heterocycles. The molecule has 0 bridgehead atoms. The monoisotopic (exact) mass is 309 g/mol. The smallest absolute Gasteiger partial charge is 0.241 e. The number of aromatic nitrogens is 1. The Morgan fingerprint density at radius 2 is 2.10 bits per heavy atom. The van der Waals surface area contributed by atoms with Crippen molar-refractivity contribution in [3.8, 4) is 0 Å². The Morgan fingerprint density at radius 3 is 2.76 bits per heavy atom. The zero-order chi connectivity index (χ0) is 15.5. The van der Waals surface area contributed by atoms with Crippen molar-refractivity contribution in [1.82, 2.24) is 9.71 Å². The molecular weight excluding hydrogens is 293 g/mol. The van der Waals surface area contributed by atoms with E-state index in [1.807, 2.05) is 6.92 Å². The number of halogens is 1. The van der Waals surface area contributed by atoms with Crippen molar-refractivity contribution in [2.24, 2.45) is 5.73 Å². The standard InChI is InChI=1S/C14H16FN3O2S/c1-10-5-6-17-8-11(10)9-18-21(19,20)14-4-2-3-13(15)12(14)7-16/h2-6,8,18H,7,9,16H2,1H3. The van der Waals surface area contributed by atoms with Gasteiger partial charge in [0.05, 0.1) is 4.90 Å². The minimum Gasteiger partial charge on any atom is -0.326 e. The molecule has 0 radical (unpaired) electrons. The first-order chi connectivity index (χ1) is 9.95. The van der Waals surface area contributed by atoms with Crippen LogP contribution in [0.4, 0.5) is 4.39 Å². The maximum absolute atomic E-state index is 13.6. The SMILES string of the molecule is Cc1ccncc1CNS(=O)(=O)c1cccc(F)c1CN. The predicted octanol–water partition coefficient (Wildman–Crippen LogP) is 1.47. The van der Waals surface area contributed by atoms with E-state index in [-0.39, 0.29) is 23.5 Å². The van der Waals surface area contributed by atoms with Crippen LogP contribution < -0.4 is 10.5 Å². The largest absolute Gasteiger partial charge is 0.326 e. The molecule has 2 aromatic rings. The van der Waals surface area contributed by atoms with Crippen molar-refractivity contribution in [3.05, 3.63) is 59.2 Å². The van der Waals surface area contributed by atoms with Gasteiger partial charge in [0.15, 0.2) is 0 Å². The summed E-state index contributed by atoms with van der Waals surface area (Å²) in [6.45, 7) is 1.76. The maximum atomic E-state index is 13.6. The van der Waals surface area contributed by atoms with Crippen LogP contribution in [0.25, 0.3) is 0 Å². The van der Waals surface area contributed by atoms with Crippen LogP contribution in [0, 0.1) is 12.7 Å². The number of rotatable bonds is 5. The Bertz CT molecular complexity index is 748. The molecule has 2 rings (SSSR count). The van der Waals surface area contributed by atoms with Gasteiger partial charge in [0, 0.05) is 31.0 Å². The molecule has 0 fully saturated rings. The number of nitrogens with two attached hydrogens (primary N) is 1. The van der Waals surface area contributed by atoms with Crippen LogP contribution in [0.3, 0.4) is 0 Å². The Balaban J connectivity index is 2.28. The van der Waals surface area contributed by atoms with Crippen molar-refractivity contribution >= 4 is 10.0 Å². The average molecular weight is 309 g/mol. The van der Waals surface area contributed by atoms with Gasteiger partial charge < -0.3 is 5.73 Å². The van der Waals surface area contributed by atoms with Gasteiger partial charge in [0.2, 0.25) is 10.0 Å². The van der Waals surface area contributed by atoms with E-state index in [1.165, 1.54) is 18.2 Å². The van der Waals surface area contributed by atoms with E-state index < -0.39 is 15.8 Å². The molecule has 0 atom stereocenters. The lowest BCUT2D eigenvalue weighted by Crippen LogP contribution is -2.25. The first kappa shape index (κ1) is 15.6. The zero-order valence-electron chi connectivity index (χ0n) is 11.5. The van der Waals surface area contributed by atoms with Gasteiger partial charge in [-0.05, 0) is 36.2 Å². The lowest BCUT2D eigenvalue weighted by atomic mass is 10.2. The van der Waals surface area contributed by atoms with Crippen LogP contribution in [-0.2, 0) is 23.1 Å². The fraction of sp³-hybridized carbons (Fsp3) is 0.214. The lowest BCUT2D eigenvalue weighted by Gasteiger charge is -2.12. The second kappa shape index (κ2) is 6.30. The number of hydrogen-bond donors (Lipinski definition) is 2. The molecule has 0 aliphatic carbocycles. The molecule has 21 heavy (non-hydrogen) atoms. The first-order valence-corrected chi connectivity index (χ1v) is 7.80. The van der Waals surface area contributed by atoms with Gasteiger partial charge in [-0.15, -0.1) is 0 Å². The van der Waals surface area contributed by atoms with Gasteiger partial charge in [-0.3, -0.25) is 4.98 Å². The van der Waals surface area contributed by atoms with E-state index >= 15 is 0 Å². The van der Waals surface area contributed by atoms with E-state index in [1.54, 1.807) is 18.5 Å². The molecule has 0 unspecified atom stereocenters. The predicted molar refractivity (Wildman–Crippen MR) is 77.3 cm³/mol. The second-order valence-corrected chi connectivity index (χ2v) is 6.28. The summed E-state index contributed by atoms with van der Waals surface area (Å²) in [6.07, 6.45) is 3.22. The average Bonchev–Trinajstić information content (AvgIpc) is 2.46. The normalized spacial score (nSPS) is 11.6. The van der Waals surface area contributed by atoms with E-state index in [4.69, 9.17) is 5.73 Å². The van der Waals surface area contributed by atoms with Crippen molar-refractivity contribution in [1.29, 1.82) is 0 Å². The molecule has 0 spiro atoms. The Hall–Kier alpha value is -1.83. The number of pyridine rings is 1. The molecule has 1 aromatic heterocycles. The summed E-state index contributed by atoms with van der Waals surface area (Å²) >= 11 is 0. The van der Waals surface area contributed by atoms with E-state index in [0.717, 1.165) is 11.1 Å². The summed E-state index contributed by atoms with van der Waals surface area (Å²) in [5.74, 6) is -0.627. The number of nitrogens with zero attached hydrogens (tertiary/aromatic N) is 1. The molecule has 1 aromatic carbocycles. The molecule has 5 nitrogen and oxygen atoms in total. The van der Waals surface area contributed by atoms with Crippen LogP contribution in [0.2, 0.25) is 0 Å². The lowest BCUT2D eigenvalue weighted by molar-refractivity contribution is 0.571. The highest BCUT2D eigenvalue weighted by atomic mass is 32.2. The summed E-state index contributed by atoms with van der Waals surface area (Å²) in [5.41, 5.74) is 7.10. The van der Waals surface area contributed by atoms with Crippen molar-refractivity contribution in [2.75, 3.05) is 0 Å². The molecule has 0 amide bonds. The fourth-order valence-electron chi connectivity index (χ4n) is 1.92. The van der Waals surface area contributed by atoms with Crippen LogP contribution in [-0.4, -0.2) is 13.4 Å². The van der Waals surface area contributed by atoms with Crippen LogP contribution in [0.1, 0.15) is 16.7 Å². The summed E-state index contributed by atoms with van der Waals surface area (Å²) in [7, 11) is -3.84. The van der Waals surface area contributed by atoms with Gasteiger partial charge in [0.1, 0.15) is 5.82 Å². The minimum atomic E-state index is -3.84. The summed E-state index contributed by atoms with van der Waals surface area (Å²) in [6, 6.07) is 5.66. The van der Waals surface area contributed by atoms with Gasteiger partial charge >= 0.3 is 0 Å². The number of nitrogens with one attached hydrogen (secondary N) is 1. The van der Waals surface area contributed by atoms with Gasteiger partial charge in [-0.2, -0.15) is 0 Å². The molecule has 0 aliphatic rings. The molecule has 0 saturated carbocycles. The molecule has 7 heteroatoms. The third-order valence-corrected chi connectivity index (χ3v) is 4.66. The Morgan fingerprint density at radius 1 is 1.33 bits per heavy atom. The summed E-state index contributed by atoms with van der Waals surface area (Å²) < 4.78 is 40.7. The molecule has 112 valence electrons. The van der Waals surface area contributed by atoms with Crippen LogP contribution in [0.15, 0.2) is 41.6 Å². The van der Waals surface area contributed by atoms with Crippen molar-refractivity contribution in [2.45, 2.75) is 24.9 Å². The highest BCUT2D eigenvalue weighted by Gasteiger charge is 2.20. The molecule has 1 heterocycles. The Labute approximate surface area is 123 Å². The van der Waals surface area contributed by atoms with Gasteiger partial charge in [0.25, 0.3) is 0 Å². The summed E-state index contributed by atoms with van der Waals surface area (Å²) in [5, 5.41) is 0. The van der Waals surface area contributed by atoms with Crippen LogP contribution >= 0.6 is 0 Å². The highest BCUT2D eigenvalue weighted by Crippen LogP contribution is 2.18. The van der Waals surface area contributed by atoms with E-state index in [0.29, 0.717) is 0 Å². The number of benzene rings is 1. The van der Waals surface area contributed by atoms with Gasteiger partial charge in [-0.25, -0.2) is 17.5 Å². The second-order valence-electron chi connectivity index (χ2n) is 4.55. The number of aryl methyl sites for hydroxylation is 1.